The molecule has 0 radical (unpaired) electrons. The lowest BCUT2D eigenvalue weighted by molar-refractivity contribution is -0.174. The van der Waals surface area contributed by atoms with E-state index in [1.165, 1.54) is 44.4 Å². The van der Waals surface area contributed by atoms with Crippen LogP contribution in [0, 0.1) is 0 Å². The molecule has 7 nitrogen and oxygen atoms in total. The van der Waals surface area contributed by atoms with Gasteiger partial charge in [0.1, 0.15) is 11.3 Å². The second-order valence-electron chi connectivity index (χ2n) is 6.84. The maximum absolute atomic E-state index is 14.0. The number of rotatable bonds is 8. The van der Waals surface area contributed by atoms with E-state index in [9.17, 15) is 26.4 Å². The van der Waals surface area contributed by atoms with Gasteiger partial charge in [-0.25, -0.2) is 4.79 Å². The minimum Gasteiger partial charge on any atom is -0.497 e. The van der Waals surface area contributed by atoms with Gasteiger partial charge in [0, 0.05) is 17.0 Å². The van der Waals surface area contributed by atoms with Crippen LogP contribution in [-0.2, 0) is 14.4 Å². The molecule has 1 N–H and O–H groups in total. The van der Waals surface area contributed by atoms with E-state index < -0.39 is 39.3 Å². The zero-order chi connectivity index (χ0) is 23.5. The minimum absolute atomic E-state index is 0.0115. The average Bonchev–Trinajstić information content (AvgIpc) is 2.73. The van der Waals surface area contributed by atoms with Crippen LogP contribution < -0.4 is 15.8 Å². The first-order valence-corrected chi connectivity index (χ1v) is 11.1. The summed E-state index contributed by atoms with van der Waals surface area (Å²) in [4.78, 5) is 12.8. The summed E-state index contributed by atoms with van der Waals surface area (Å²) in [6.07, 6.45) is -4.95. The average molecular weight is 471 g/mol. The van der Waals surface area contributed by atoms with E-state index in [4.69, 9.17) is 9.15 Å². The van der Waals surface area contributed by atoms with E-state index in [-0.39, 0.29) is 23.0 Å². The number of hydroxylamine groups is 1. The Labute approximate surface area is 181 Å². The summed E-state index contributed by atoms with van der Waals surface area (Å²) in [5.41, 5.74) is -0.328. The highest BCUT2D eigenvalue weighted by Gasteiger charge is 2.45. The van der Waals surface area contributed by atoms with Crippen LogP contribution >= 0.6 is 0 Å². The van der Waals surface area contributed by atoms with E-state index in [2.05, 4.69) is 4.28 Å². The van der Waals surface area contributed by atoms with Crippen LogP contribution in [0.2, 0.25) is 0 Å². The molecule has 1 aromatic heterocycles. The van der Waals surface area contributed by atoms with Crippen LogP contribution in [0.1, 0.15) is 24.9 Å². The molecule has 0 fully saturated rings. The predicted molar refractivity (Wildman–Crippen MR) is 112 cm³/mol. The first-order chi connectivity index (χ1) is 15.1. The molecule has 0 bridgehead atoms. The van der Waals surface area contributed by atoms with E-state index in [0.29, 0.717) is 11.3 Å². The lowest BCUT2D eigenvalue weighted by atomic mass is 9.93. The highest BCUT2D eigenvalue weighted by molar-refractivity contribution is 7.86. The van der Waals surface area contributed by atoms with Crippen LogP contribution in [0.4, 0.5) is 13.2 Å². The van der Waals surface area contributed by atoms with E-state index in [1.807, 2.05) is 0 Å². The fraction of sp³-hybridized carbons (Fsp3) is 0.286. The molecule has 2 aromatic carbocycles. The van der Waals surface area contributed by atoms with Crippen molar-refractivity contribution in [3.05, 3.63) is 64.5 Å². The molecule has 11 heteroatoms. The number of alkyl halides is 3. The van der Waals surface area contributed by atoms with E-state index >= 15 is 0 Å². The molecule has 0 aliphatic heterocycles. The van der Waals surface area contributed by atoms with Gasteiger partial charge in [-0.3, -0.25) is 0 Å². The smallest absolute Gasteiger partial charge is 0.410 e. The second-order valence-corrected chi connectivity index (χ2v) is 8.53. The maximum Gasteiger partial charge on any atom is 0.410 e. The Morgan fingerprint density at radius 3 is 2.41 bits per heavy atom. The Bertz CT molecular complexity index is 1260. The fourth-order valence-electron chi connectivity index (χ4n) is 3.20. The van der Waals surface area contributed by atoms with Gasteiger partial charge < -0.3 is 9.15 Å². The quantitative estimate of drug-likeness (QED) is 0.386. The van der Waals surface area contributed by atoms with Crippen molar-refractivity contribution in [1.29, 1.82) is 0 Å². The third kappa shape index (κ3) is 5.12. The van der Waals surface area contributed by atoms with Crippen molar-refractivity contribution in [3.8, 4) is 16.9 Å². The Kier molecular flexibility index (Phi) is 6.91. The van der Waals surface area contributed by atoms with Gasteiger partial charge in [-0.2, -0.15) is 31.4 Å². The highest BCUT2D eigenvalue weighted by Crippen LogP contribution is 2.40. The first-order valence-electron chi connectivity index (χ1n) is 9.51. The summed E-state index contributed by atoms with van der Waals surface area (Å²) in [6, 6.07) is 9.51. The number of methoxy groups -OCH3 is 1. The monoisotopic (exact) mass is 471 g/mol. The van der Waals surface area contributed by atoms with Gasteiger partial charge in [-0.15, -0.1) is 0 Å². The standard InChI is InChI=1S/C21H20F3NO6S/c1-3-11-32(27,28)31-25-19(21(22,23)24)18-17(13-7-5-4-6-8-13)15-10-9-14(29-2)12-16(15)30-20(18)26/h4-10,12,19,25H,3,11H2,1-2H3. The summed E-state index contributed by atoms with van der Waals surface area (Å²) in [5, 5.41) is 0.207. The van der Waals surface area contributed by atoms with Crippen LogP contribution in [0.5, 0.6) is 5.75 Å². The van der Waals surface area contributed by atoms with Crippen LogP contribution in [-0.4, -0.2) is 27.5 Å². The fourth-order valence-corrected chi connectivity index (χ4v) is 4.03. The number of benzene rings is 2. The van der Waals surface area contributed by atoms with E-state index in [0.717, 1.165) is 0 Å². The number of fused-ring (bicyclic) bond motifs is 1. The van der Waals surface area contributed by atoms with Crippen molar-refractivity contribution in [3.63, 3.8) is 0 Å². The topological polar surface area (TPSA) is 94.8 Å². The largest absolute Gasteiger partial charge is 0.497 e. The molecule has 1 heterocycles. The van der Waals surface area contributed by atoms with Crippen molar-refractivity contribution >= 4 is 21.1 Å². The summed E-state index contributed by atoms with van der Waals surface area (Å²) in [6.45, 7) is 1.53. The van der Waals surface area contributed by atoms with Gasteiger partial charge in [0.25, 0.3) is 10.1 Å². The van der Waals surface area contributed by atoms with Crippen molar-refractivity contribution in [2.24, 2.45) is 0 Å². The van der Waals surface area contributed by atoms with Crippen LogP contribution in [0.15, 0.2) is 57.7 Å². The molecule has 1 atom stereocenters. The molecule has 3 rings (SSSR count). The lowest BCUT2D eigenvalue weighted by Gasteiger charge is -2.23. The van der Waals surface area contributed by atoms with Crippen LogP contribution in [0.25, 0.3) is 22.1 Å². The third-order valence-corrected chi connectivity index (χ3v) is 5.83. The molecular formula is C21H20F3NO6S. The van der Waals surface area contributed by atoms with Crippen molar-refractivity contribution in [1.82, 2.24) is 5.48 Å². The Hall–Kier alpha value is -2.89. The molecule has 0 saturated heterocycles. The van der Waals surface area contributed by atoms with Gasteiger partial charge in [0.2, 0.25) is 0 Å². The number of halogens is 3. The molecule has 0 aliphatic rings. The van der Waals surface area contributed by atoms with Crippen LogP contribution in [0.3, 0.4) is 0 Å². The maximum atomic E-state index is 14.0. The van der Waals surface area contributed by atoms with Crippen molar-refractivity contribution < 1.29 is 35.0 Å². The number of nitrogens with one attached hydrogen (secondary N) is 1. The molecule has 32 heavy (non-hydrogen) atoms. The molecule has 3 aromatic rings. The Morgan fingerprint density at radius 1 is 1.12 bits per heavy atom. The van der Waals surface area contributed by atoms with Gasteiger partial charge in [0.05, 0.1) is 18.4 Å². The van der Waals surface area contributed by atoms with Gasteiger partial charge in [-0.05, 0) is 24.1 Å². The zero-order valence-corrected chi connectivity index (χ0v) is 17.9. The minimum atomic E-state index is -5.08. The van der Waals surface area contributed by atoms with Gasteiger partial charge in [0.15, 0.2) is 6.04 Å². The number of hydrogen-bond acceptors (Lipinski definition) is 7. The zero-order valence-electron chi connectivity index (χ0n) is 17.1. The van der Waals surface area contributed by atoms with Gasteiger partial charge in [-0.1, -0.05) is 37.3 Å². The summed E-state index contributed by atoms with van der Waals surface area (Å²) in [7, 11) is -2.90. The predicted octanol–water partition coefficient (Wildman–Crippen LogP) is 4.33. The summed E-state index contributed by atoms with van der Waals surface area (Å²) in [5.74, 6) is -0.158. The SMILES string of the molecule is CCCS(=O)(=O)ONC(c1c(-c2ccccc2)c2ccc(OC)cc2oc1=O)C(F)(F)F. The summed E-state index contributed by atoms with van der Waals surface area (Å²) >= 11 is 0. The molecule has 0 spiro atoms. The summed E-state index contributed by atoms with van der Waals surface area (Å²) < 4.78 is 80.4. The molecular weight excluding hydrogens is 451 g/mol. The Balaban J connectivity index is 2.29. The lowest BCUT2D eigenvalue weighted by Crippen LogP contribution is -2.39. The molecule has 0 saturated carbocycles. The molecule has 0 aliphatic carbocycles. The molecule has 0 amide bonds. The number of ether oxygens (including phenoxy) is 1. The molecule has 172 valence electrons. The molecule has 1 unspecified atom stereocenters. The number of hydrogen-bond donors (Lipinski definition) is 1. The Morgan fingerprint density at radius 2 is 1.81 bits per heavy atom. The van der Waals surface area contributed by atoms with Crippen molar-refractivity contribution in [2.75, 3.05) is 12.9 Å². The first kappa shape index (κ1) is 23.8. The van der Waals surface area contributed by atoms with E-state index in [1.54, 1.807) is 23.7 Å². The van der Waals surface area contributed by atoms with Crippen molar-refractivity contribution in [2.45, 2.75) is 25.6 Å². The third-order valence-electron chi connectivity index (χ3n) is 4.58. The second kappa shape index (κ2) is 9.31. The highest BCUT2D eigenvalue weighted by atomic mass is 32.2. The normalized spacial score (nSPS) is 13.3. The van der Waals surface area contributed by atoms with Gasteiger partial charge >= 0.3 is 11.8 Å².